The fourth-order valence-electron chi connectivity index (χ4n) is 3.24. The molecule has 0 aliphatic carbocycles. The Hall–Kier alpha value is -4.27. The molecule has 154 valence electrons. The molecule has 0 amide bonds. The molecule has 0 saturated carbocycles. The zero-order valence-corrected chi connectivity index (χ0v) is 16.9. The molecule has 5 aromatic rings. The van der Waals surface area contributed by atoms with E-state index in [-0.39, 0.29) is 6.61 Å². The highest BCUT2D eigenvalue weighted by Crippen LogP contribution is 2.27. The third-order valence-corrected chi connectivity index (χ3v) is 4.83. The van der Waals surface area contributed by atoms with Gasteiger partial charge in [-0.15, -0.1) is 10.2 Å². The molecular weight excluding hydrogens is 396 g/mol. The summed E-state index contributed by atoms with van der Waals surface area (Å²) in [7, 11) is 3.25. The predicted octanol–water partition coefficient (Wildman–Crippen LogP) is 3.33. The van der Waals surface area contributed by atoms with Gasteiger partial charge in [-0.3, -0.25) is 4.98 Å². The number of methoxy groups -OCH3 is 2. The van der Waals surface area contributed by atoms with Crippen LogP contribution in [0.4, 0.5) is 0 Å². The normalized spacial score (nSPS) is 11.0. The van der Waals surface area contributed by atoms with Gasteiger partial charge in [0, 0.05) is 23.2 Å². The molecular formula is C22H18N6O3. The van der Waals surface area contributed by atoms with Gasteiger partial charge in [0.05, 0.1) is 25.9 Å². The molecule has 0 fully saturated rings. The van der Waals surface area contributed by atoms with E-state index >= 15 is 0 Å². The number of nitrogens with zero attached hydrogens (tertiary/aromatic N) is 6. The Labute approximate surface area is 177 Å². The molecule has 0 saturated heterocycles. The average Bonchev–Trinajstić information content (AvgIpc) is 3.24. The predicted molar refractivity (Wildman–Crippen MR) is 113 cm³/mol. The number of hydrogen-bond acceptors (Lipinski definition) is 8. The molecule has 0 atom stereocenters. The molecule has 31 heavy (non-hydrogen) atoms. The van der Waals surface area contributed by atoms with Crippen molar-refractivity contribution in [3.8, 4) is 28.5 Å². The average molecular weight is 414 g/mol. The number of rotatable bonds is 6. The van der Waals surface area contributed by atoms with Gasteiger partial charge in [-0.05, 0) is 30.3 Å². The van der Waals surface area contributed by atoms with Gasteiger partial charge in [-0.1, -0.05) is 12.1 Å². The van der Waals surface area contributed by atoms with Crippen LogP contribution in [0.5, 0.6) is 17.2 Å². The third-order valence-electron chi connectivity index (χ3n) is 4.83. The first kappa shape index (κ1) is 18.7. The summed E-state index contributed by atoms with van der Waals surface area (Å²) in [5, 5.41) is 13.8. The van der Waals surface area contributed by atoms with Gasteiger partial charge < -0.3 is 14.2 Å². The second-order valence-electron chi connectivity index (χ2n) is 6.68. The number of aromatic nitrogens is 6. The fourth-order valence-corrected chi connectivity index (χ4v) is 3.24. The van der Waals surface area contributed by atoms with E-state index in [1.165, 1.54) is 0 Å². The van der Waals surface area contributed by atoms with Crippen molar-refractivity contribution in [2.45, 2.75) is 6.61 Å². The summed E-state index contributed by atoms with van der Waals surface area (Å²) < 4.78 is 18.2. The second kappa shape index (κ2) is 7.86. The van der Waals surface area contributed by atoms with E-state index < -0.39 is 0 Å². The number of benzene rings is 2. The molecule has 0 aliphatic rings. The van der Waals surface area contributed by atoms with E-state index in [1.807, 2.05) is 48.5 Å². The summed E-state index contributed by atoms with van der Waals surface area (Å²) >= 11 is 0. The lowest BCUT2D eigenvalue weighted by Crippen LogP contribution is -2.06. The van der Waals surface area contributed by atoms with Gasteiger partial charge in [0.1, 0.15) is 29.5 Å². The summed E-state index contributed by atoms with van der Waals surface area (Å²) in [6.07, 6.45) is 3.35. The Kier molecular flexibility index (Phi) is 4.75. The standard InChI is InChI=1S/C22H18N6O3/c1-29-15-5-3-4-14(10-15)19-12-24-22-26-25-21(28(22)27-19)13-31-20-8-9-23-18-11-16(30-2)6-7-17(18)20/h3-12H,13H2,1-2H3. The van der Waals surface area contributed by atoms with Gasteiger partial charge >= 0.3 is 0 Å². The summed E-state index contributed by atoms with van der Waals surface area (Å²) in [6.45, 7) is 0.169. The lowest BCUT2D eigenvalue weighted by molar-refractivity contribution is 0.296. The van der Waals surface area contributed by atoms with E-state index in [2.05, 4.69) is 25.3 Å². The van der Waals surface area contributed by atoms with E-state index in [0.717, 1.165) is 28.0 Å². The number of ether oxygens (including phenoxy) is 3. The number of hydrogen-bond donors (Lipinski definition) is 0. The number of pyridine rings is 1. The summed E-state index contributed by atoms with van der Waals surface area (Å²) in [5.41, 5.74) is 2.33. The molecule has 0 bridgehead atoms. The molecule has 0 radical (unpaired) electrons. The van der Waals surface area contributed by atoms with Gasteiger partial charge in [-0.25, -0.2) is 4.98 Å². The summed E-state index contributed by atoms with van der Waals surface area (Å²) in [4.78, 5) is 8.74. The maximum absolute atomic E-state index is 6.04. The Morgan fingerprint density at radius 2 is 1.77 bits per heavy atom. The highest BCUT2D eigenvalue weighted by molar-refractivity contribution is 5.85. The highest BCUT2D eigenvalue weighted by Gasteiger charge is 2.12. The van der Waals surface area contributed by atoms with Crippen LogP contribution in [0.1, 0.15) is 5.82 Å². The second-order valence-corrected chi connectivity index (χ2v) is 6.68. The van der Waals surface area contributed by atoms with Crippen LogP contribution in [0.2, 0.25) is 0 Å². The molecule has 5 rings (SSSR count). The van der Waals surface area contributed by atoms with Crippen LogP contribution >= 0.6 is 0 Å². The molecule has 0 spiro atoms. The fraction of sp³-hybridized carbons (Fsp3) is 0.136. The monoisotopic (exact) mass is 414 g/mol. The van der Waals surface area contributed by atoms with Gasteiger partial charge in [0.15, 0.2) is 5.82 Å². The molecule has 3 aromatic heterocycles. The minimum absolute atomic E-state index is 0.169. The van der Waals surface area contributed by atoms with Crippen LogP contribution in [0.3, 0.4) is 0 Å². The zero-order valence-electron chi connectivity index (χ0n) is 16.9. The van der Waals surface area contributed by atoms with Crippen molar-refractivity contribution >= 4 is 16.7 Å². The Morgan fingerprint density at radius 1 is 0.903 bits per heavy atom. The molecule has 0 unspecified atom stereocenters. The Bertz CT molecular complexity index is 1380. The van der Waals surface area contributed by atoms with Crippen molar-refractivity contribution in [3.63, 3.8) is 0 Å². The molecule has 9 nitrogen and oxygen atoms in total. The third kappa shape index (κ3) is 3.57. The smallest absolute Gasteiger partial charge is 0.272 e. The van der Waals surface area contributed by atoms with Crippen molar-refractivity contribution < 1.29 is 14.2 Å². The van der Waals surface area contributed by atoms with Gasteiger partial charge in [0.25, 0.3) is 5.78 Å². The Morgan fingerprint density at radius 3 is 2.65 bits per heavy atom. The van der Waals surface area contributed by atoms with Crippen molar-refractivity contribution in [1.29, 1.82) is 0 Å². The van der Waals surface area contributed by atoms with E-state index in [4.69, 9.17) is 14.2 Å². The maximum atomic E-state index is 6.04. The van der Waals surface area contributed by atoms with Gasteiger partial charge in [-0.2, -0.15) is 9.61 Å². The van der Waals surface area contributed by atoms with Crippen LogP contribution in [0, 0.1) is 0 Å². The van der Waals surface area contributed by atoms with Crippen LogP contribution in [-0.4, -0.2) is 44.0 Å². The first-order valence-electron chi connectivity index (χ1n) is 9.52. The van der Waals surface area contributed by atoms with E-state index in [9.17, 15) is 0 Å². The molecule has 2 aromatic carbocycles. The molecule has 3 heterocycles. The molecule has 0 aliphatic heterocycles. The first-order chi connectivity index (χ1) is 15.2. The van der Waals surface area contributed by atoms with Crippen LogP contribution < -0.4 is 14.2 Å². The minimum atomic E-state index is 0.169. The van der Waals surface area contributed by atoms with Gasteiger partial charge in [0.2, 0.25) is 0 Å². The molecule has 9 heteroatoms. The van der Waals surface area contributed by atoms with Crippen molar-refractivity contribution in [2.24, 2.45) is 0 Å². The minimum Gasteiger partial charge on any atom is -0.497 e. The molecule has 0 N–H and O–H groups in total. The van der Waals surface area contributed by atoms with Crippen molar-refractivity contribution in [1.82, 2.24) is 29.8 Å². The number of fused-ring (bicyclic) bond motifs is 2. The lowest BCUT2D eigenvalue weighted by atomic mass is 10.1. The SMILES string of the molecule is COc1cccc(-c2cnc3nnc(COc4ccnc5cc(OC)ccc45)n3n2)c1. The van der Waals surface area contributed by atoms with E-state index in [1.54, 1.807) is 31.1 Å². The lowest BCUT2D eigenvalue weighted by Gasteiger charge is -2.09. The van der Waals surface area contributed by atoms with Crippen molar-refractivity contribution in [2.75, 3.05) is 14.2 Å². The maximum Gasteiger partial charge on any atom is 0.272 e. The quantitative estimate of drug-likeness (QED) is 0.417. The van der Waals surface area contributed by atoms with Crippen molar-refractivity contribution in [3.05, 3.63) is 66.7 Å². The highest BCUT2D eigenvalue weighted by atomic mass is 16.5. The van der Waals surface area contributed by atoms with Crippen LogP contribution in [-0.2, 0) is 6.61 Å². The largest absolute Gasteiger partial charge is 0.497 e. The van der Waals surface area contributed by atoms with E-state index in [0.29, 0.717) is 23.0 Å². The summed E-state index contributed by atoms with van der Waals surface area (Å²) in [6, 6.07) is 15.1. The first-order valence-corrected chi connectivity index (χ1v) is 9.52. The van der Waals surface area contributed by atoms with Crippen LogP contribution in [0.15, 0.2) is 60.9 Å². The topological polar surface area (TPSA) is 96.6 Å². The van der Waals surface area contributed by atoms with Crippen LogP contribution in [0.25, 0.3) is 27.9 Å². The zero-order chi connectivity index (χ0) is 21.2. The Balaban J connectivity index is 1.45. The summed E-state index contributed by atoms with van der Waals surface area (Å²) in [5.74, 6) is 3.09.